The van der Waals surface area contributed by atoms with Gasteiger partial charge in [0.15, 0.2) is 4.80 Å². The molecule has 4 aromatic rings. The van der Waals surface area contributed by atoms with Crippen LogP contribution in [0, 0.1) is 6.92 Å². The van der Waals surface area contributed by atoms with Crippen molar-refractivity contribution in [3.8, 4) is 0 Å². The molecule has 0 fully saturated rings. The van der Waals surface area contributed by atoms with Crippen LogP contribution in [0.4, 0.5) is 5.69 Å². The summed E-state index contributed by atoms with van der Waals surface area (Å²) in [5.41, 5.74) is 2.99. The summed E-state index contributed by atoms with van der Waals surface area (Å²) in [5.74, 6) is -0.434. The Morgan fingerprint density at radius 1 is 1.09 bits per heavy atom. The number of hydrogen-bond acceptors (Lipinski definition) is 4. The summed E-state index contributed by atoms with van der Waals surface area (Å²) >= 11 is 1.44. The number of para-hydroxylation sites is 1. The number of nitrogens with zero attached hydrogens (tertiary/aromatic N) is 3. The van der Waals surface area contributed by atoms with E-state index in [4.69, 9.17) is 0 Å². The highest BCUT2D eigenvalue weighted by Crippen LogP contribution is 2.22. The molecular weight excluding hydrogens is 454 g/mol. The minimum Gasteiger partial charge on any atom is -0.312 e. The maximum atomic E-state index is 13.0. The van der Waals surface area contributed by atoms with Crippen molar-refractivity contribution >= 4 is 43.2 Å². The molecule has 0 aliphatic carbocycles. The molecule has 0 saturated carbocycles. The maximum Gasteiger partial charge on any atom is 0.279 e. The zero-order valence-electron chi connectivity index (χ0n) is 18.3. The van der Waals surface area contributed by atoms with Gasteiger partial charge in [0.05, 0.1) is 20.8 Å². The predicted octanol–water partition coefficient (Wildman–Crippen LogP) is 4.76. The van der Waals surface area contributed by atoms with E-state index < -0.39 is 15.9 Å². The largest absolute Gasteiger partial charge is 0.312 e. The quantitative estimate of drug-likeness (QED) is 0.376. The Morgan fingerprint density at radius 2 is 1.79 bits per heavy atom. The van der Waals surface area contributed by atoms with Crippen LogP contribution >= 0.6 is 11.3 Å². The number of carbonyl (C=O) groups is 1. The molecule has 8 heteroatoms. The Hall–Kier alpha value is -3.49. The summed E-state index contributed by atoms with van der Waals surface area (Å²) in [6, 6.07) is 20.8. The Morgan fingerprint density at radius 3 is 2.45 bits per heavy atom. The van der Waals surface area contributed by atoms with E-state index in [0.717, 1.165) is 15.8 Å². The van der Waals surface area contributed by atoms with Crippen molar-refractivity contribution in [1.82, 2.24) is 4.57 Å². The SMILES string of the molecule is C=CCn1c(=NC(=O)c2ccc(S(=O)(=O)N(C)c3ccccc3)cc2)sc2cc(C)ccc21. The van der Waals surface area contributed by atoms with Gasteiger partial charge in [-0.3, -0.25) is 9.10 Å². The molecule has 168 valence electrons. The minimum atomic E-state index is -3.75. The standard InChI is InChI=1S/C25H23N3O3S2/c1-4-16-28-22-15-10-18(2)17-23(22)32-25(28)26-24(29)19-11-13-21(14-12-19)33(30,31)27(3)20-8-6-5-7-9-20/h4-15,17H,1,16H2,2-3H3. The fourth-order valence-corrected chi connectivity index (χ4v) is 5.76. The number of hydrogen-bond donors (Lipinski definition) is 0. The third-order valence-corrected chi connectivity index (χ3v) is 8.07. The van der Waals surface area contributed by atoms with Gasteiger partial charge in [0.2, 0.25) is 0 Å². The molecule has 0 atom stereocenters. The number of sulfonamides is 1. The van der Waals surface area contributed by atoms with Gasteiger partial charge >= 0.3 is 0 Å². The van der Waals surface area contributed by atoms with Crippen LogP contribution in [-0.4, -0.2) is 25.9 Å². The maximum absolute atomic E-state index is 13.0. The first-order valence-electron chi connectivity index (χ1n) is 10.3. The Kier molecular flexibility index (Phi) is 6.31. The molecule has 3 aromatic carbocycles. The zero-order chi connectivity index (χ0) is 23.6. The number of aromatic nitrogens is 1. The van der Waals surface area contributed by atoms with Gasteiger partial charge in [-0.15, -0.1) is 6.58 Å². The van der Waals surface area contributed by atoms with E-state index in [2.05, 4.69) is 17.6 Å². The molecule has 0 saturated heterocycles. The molecule has 1 amide bonds. The van der Waals surface area contributed by atoms with Crippen molar-refractivity contribution in [3.63, 3.8) is 0 Å². The van der Waals surface area contributed by atoms with Crippen LogP contribution in [0.1, 0.15) is 15.9 Å². The van der Waals surface area contributed by atoms with Crippen LogP contribution in [0.25, 0.3) is 10.2 Å². The van der Waals surface area contributed by atoms with E-state index in [1.165, 1.54) is 47.0 Å². The first-order valence-corrected chi connectivity index (χ1v) is 12.5. The summed E-state index contributed by atoms with van der Waals surface area (Å²) in [6.07, 6.45) is 1.76. The van der Waals surface area contributed by atoms with Crippen molar-refractivity contribution in [2.75, 3.05) is 11.4 Å². The lowest BCUT2D eigenvalue weighted by atomic mass is 10.2. The van der Waals surface area contributed by atoms with Crippen molar-refractivity contribution in [2.24, 2.45) is 4.99 Å². The van der Waals surface area contributed by atoms with E-state index >= 15 is 0 Å². The highest BCUT2D eigenvalue weighted by Gasteiger charge is 2.21. The minimum absolute atomic E-state index is 0.101. The smallest absolute Gasteiger partial charge is 0.279 e. The number of benzene rings is 3. The number of thiazole rings is 1. The fourth-order valence-electron chi connectivity index (χ4n) is 3.43. The van der Waals surface area contributed by atoms with Crippen LogP contribution in [0.3, 0.4) is 0 Å². The number of carbonyl (C=O) groups excluding carboxylic acids is 1. The van der Waals surface area contributed by atoms with E-state index in [1.807, 2.05) is 29.7 Å². The van der Waals surface area contributed by atoms with Gasteiger partial charge in [-0.05, 0) is 61.0 Å². The molecular formula is C25H23N3O3S2. The number of aryl methyl sites for hydroxylation is 1. The van der Waals surface area contributed by atoms with Crippen molar-refractivity contribution < 1.29 is 13.2 Å². The Labute approximate surface area is 196 Å². The van der Waals surface area contributed by atoms with Gasteiger partial charge in [0.25, 0.3) is 15.9 Å². The molecule has 1 aromatic heterocycles. The Bertz CT molecular complexity index is 1500. The molecule has 0 radical (unpaired) electrons. The number of rotatable bonds is 6. The number of fused-ring (bicyclic) bond motifs is 1. The van der Waals surface area contributed by atoms with E-state index in [-0.39, 0.29) is 4.90 Å². The second-order valence-electron chi connectivity index (χ2n) is 7.50. The molecule has 0 bridgehead atoms. The third kappa shape index (κ3) is 4.53. The van der Waals surface area contributed by atoms with Gasteiger partial charge in [-0.2, -0.15) is 4.99 Å². The molecule has 0 N–H and O–H groups in total. The molecule has 4 rings (SSSR count). The van der Waals surface area contributed by atoms with Crippen molar-refractivity contribution in [1.29, 1.82) is 0 Å². The first-order chi connectivity index (χ1) is 15.8. The van der Waals surface area contributed by atoms with Gasteiger partial charge in [0, 0.05) is 19.2 Å². The summed E-state index contributed by atoms with van der Waals surface area (Å²) < 4.78 is 30.1. The van der Waals surface area contributed by atoms with Crippen LogP contribution < -0.4 is 9.11 Å². The molecule has 0 aliphatic heterocycles. The average Bonchev–Trinajstić information content (AvgIpc) is 3.15. The molecule has 0 unspecified atom stereocenters. The van der Waals surface area contributed by atoms with E-state index in [9.17, 15) is 13.2 Å². The lowest BCUT2D eigenvalue weighted by Crippen LogP contribution is -2.26. The summed E-state index contributed by atoms with van der Waals surface area (Å²) in [5, 5.41) is 0. The van der Waals surface area contributed by atoms with Crippen LogP contribution in [0.15, 0.2) is 95.3 Å². The molecule has 6 nitrogen and oxygen atoms in total. The van der Waals surface area contributed by atoms with E-state index in [0.29, 0.717) is 22.6 Å². The highest BCUT2D eigenvalue weighted by molar-refractivity contribution is 7.92. The first kappa shape index (κ1) is 22.7. The molecule has 33 heavy (non-hydrogen) atoms. The van der Waals surface area contributed by atoms with Gasteiger partial charge in [0.1, 0.15) is 0 Å². The second kappa shape index (κ2) is 9.17. The predicted molar refractivity (Wildman–Crippen MR) is 133 cm³/mol. The summed E-state index contributed by atoms with van der Waals surface area (Å²) in [6.45, 7) is 6.35. The van der Waals surface area contributed by atoms with Gasteiger partial charge in [-0.1, -0.05) is 41.7 Å². The summed E-state index contributed by atoms with van der Waals surface area (Å²) in [7, 11) is -2.25. The van der Waals surface area contributed by atoms with Gasteiger partial charge in [-0.25, -0.2) is 8.42 Å². The highest BCUT2D eigenvalue weighted by atomic mass is 32.2. The lowest BCUT2D eigenvalue weighted by molar-refractivity contribution is 0.0998. The topological polar surface area (TPSA) is 71.7 Å². The normalized spacial score (nSPS) is 12.1. The average molecular weight is 478 g/mol. The van der Waals surface area contributed by atoms with Crippen molar-refractivity contribution in [2.45, 2.75) is 18.4 Å². The number of allylic oxidation sites excluding steroid dienone is 1. The Balaban J connectivity index is 1.66. The molecule has 0 aliphatic rings. The summed E-state index contributed by atoms with van der Waals surface area (Å²) in [4.78, 5) is 17.9. The van der Waals surface area contributed by atoms with Crippen LogP contribution in [0.5, 0.6) is 0 Å². The van der Waals surface area contributed by atoms with E-state index in [1.54, 1.807) is 30.3 Å². The number of anilines is 1. The van der Waals surface area contributed by atoms with Gasteiger partial charge < -0.3 is 4.57 Å². The lowest BCUT2D eigenvalue weighted by Gasteiger charge is -2.19. The monoisotopic (exact) mass is 477 g/mol. The second-order valence-corrected chi connectivity index (χ2v) is 10.5. The molecule has 0 spiro atoms. The van der Waals surface area contributed by atoms with Crippen molar-refractivity contribution in [3.05, 3.63) is 101 Å². The van der Waals surface area contributed by atoms with Crippen LogP contribution in [0.2, 0.25) is 0 Å². The zero-order valence-corrected chi connectivity index (χ0v) is 19.9. The molecule has 1 heterocycles. The third-order valence-electron chi connectivity index (χ3n) is 5.23. The van der Waals surface area contributed by atoms with Crippen LogP contribution in [-0.2, 0) is 16.6 Å². The number of amides is 1. The fraction of sp³-hybridized carbons (Fsp3) is 0.120.